The van der Waals surface area contributed by atoms with Gasteiger partial charge in [0.15, 0.2) is 0 Å². The summed E-state index contributed by atoms with van der Waals surface area (Å²) in [4.78, 5) is 27.8. The van der Waals surface area contributed by atoms with Crippen LogP contribution >= 0.6 is 0 Å². The number of nitrogens with zero attached hydrogens (tertiary/aromatic N) is 8. The van der Waals surface area contributed by atoms with Gasteiger partial charge in [-0.05, 0) is 0 Å². The van der Waals surface area contributed by atoms with Crippen molar-refractivity contribution in [2.45, 2.75) is 0 Å². The molecule has 0 spiro atoms. The van der Waals surface area contributed by atoms with Crippen LogP contribution in [0.5, 0.6) is 0 Å². The first-order valence-electron chi connectivity index (χ1n) is 12.4. The quantitative estimate of drug-likeness (QED) is 0.399. The number of amides is 2. The van der Waals surface area contributed by atoms with Gasteiger partial charge in [-0.2, -0.15) is 9.36 Å². The molecule has 196 valence electrons. The maximum absolute atomic E-state index is 12.2. The second kappa shape index (κ2) is 12.2. The number of hydrogen-bond donors (Lipinski definition) is 0. The van der Waals surface area contributed by atoms with Crippen molar-refractivity contribution in [1.29, 1.82) is 0 Å². The van der Waals surface area contributed by atoms with Crippen molar-refractivity contribution in [1.82, 2.24) is 39.8 Å². The summed E-state index contributed by atoms with van der Waals surface area (Å²) in [6, 6.07) is 19.0. The molecule has 2 amide bonds. The van der Waals surface area contributed by atoms with Crippen LogP contribution in [0.2, 0.25) is 0 Å². The Morgan fingerprint density at radius 3 is 1.32 bits per heavy atom. The Morgan fingerprint density at radius 2 is 0.947 bits per heavy atom. The van der Waals surface area contributed by atoms with Crippen LogP contribution in [0.4, 0.5) is 9.59 Å². The number of carbonyl (C=O) groups excluding carboxylic acids is 2. The highest BCUT2D eigenvalue weighted by atomic mass is 16.5. The summed E-state index contributed by atoms with van der Waals surface area (Å²) in [5.74, 6) is 0. The van der Waals surface area contributed by atoms with E-state index in [0.29, 0.717) is 64.0 Å². The van der Waals surface area contributed by atoms with E-state index in [4.69, 9.17) is 9.47 Å². The molecular weight excluding hydrogens is 488 g/mol. The Labute approximate surface area is 219 Å². The fourth-order valence-corrected chi connectivity index (χ4v) is 4.00. The van der Waals surface area contributed by atoms with E-state index >= 15 is 0 Å². The summed E-state index contributed by atoms with van der Waals surface area (Å²) >= 11 is 0. The smallest absolute Gasteiger partial charge is 0.346 e. The highest BCUT2D eigenvalue weighted by Gasteiger charge is 2.21. The molecule has 38 heavy (non-hydrogen) atoms. The van der Waals surface area contributed by atoms with E-state index < -0.39 is 0 Å². The maximum Gasteiger partial charge on any atom is 0.346 e. The van der Waals surface area contributed by atoms with Crippen LogP contribution in [0.25, 0.3) is 22.5 Å². The molecule has 2 aromatic heterocycles. The van der Waals surface area contributed by atoms with Gasteiger partial charge in [0.25, 0.3) is 0 Å². The lowest BCUT2D eigenvalue weighted by atomic mass is 10.2. The molecule has 6 rings (SSSR count). The summed E-state index contributed by atoms with van der Waals surface area (Å²) in [6.07, 6.45) is 3.32. The molecule has 12 nitrogen and oxygen atoms in total. The third-order valence-corrected chi connectivity index (χ3v) is 6.08. The van der Waals surface area contributed by atoms with Crippen molar-refractivity contribution in [3.05, 3.63) is 73.1 Å². The van der Waals surface area contributed by atoms with Gasteiger partial charge in [0.1, 0.15) is 11.4 Å². The monoisotopic (exact) mass is 516 g/mol. The molecule has 12 heteroatoms. The van der Waals surface area contributed by atoms with E-state index in [-0.39, 0.29) is 12.1 Å². The second-order valence-electron chi connectivity index (χ2n) is 8.59. The van der Waals surface area contributed by atoms with Crippen LogP contribution < -0.4 is 0 Å². The first kappa shape index (κ1) is 25.2. The Hall–Kier alpha value is -4.42. The molecule has 2 saturated heterocycles. The molecule has 2 fully saturated rings. The molecule has 2 aromatic carbocycles. The molecule has 0 radical (unpaired) electrons. The number of morpholine rings is 2. The van der Waals surface area contributed by atoms with Gasteiger partial charge in [-0.1, -0.05) is 71.1 Å². The maximum atomic E-state index is 12.2. The molecule has 4 heterocycles. The standard InChI is InChI=1S/2C13H14N4O2/c2*18-13(16-6-8-19-9-7-16)17-10-12(14-15-17)11-4-2-1-3-5-11/h2*1-5,10H,6-9H2. The zero-order chi connectivity index (χ0) is 26.2. The van der Waals surface area contributed by atoms with E-state index in [1.54, 1.807) is 22.2 Å². The van der Waals surface area contributed by atoms with Crippen molar-refractivity contribution >= 4 is 12.1 Å². The molecular formula is C26H28N8O4. The number of carbonyl (C=O) groups is 2. The molecule has 2 aliphatic rings. The zero-order valence-electron chi connectivity index (χ0n) is 20.8. The summed E-state index contributed by atoms with van der Waals surface area (Å²) in [7, 11) is 0. The summed E-state index contributed by atoms with van der Waals surface area (Å²) in [5, 5.41) is 15.9. The topological polar surface area (TPSA) is 120 Å². The van der Waals surface area contributed by atoms with Crippen LogP contribution in [-0.2, 0) is 9.47 Å². The van der Waals surface area contributed by atoms with Crippen molar-refractivity contribution in [3.8, 4) is 22.5 Å². The lowest BCUT2D eigenvalue weighted by Gasteiger charge is -2.25. The van der Waals surface area contributed by atoms with Crippen molar-refractivity contribution in [3.63, 3.8) is 0 Å². The van der Waals surface area contributed by atoms with E-state index in [0.717, 1.165) is 11.1 Å². The van der Waals surface area contributed by atoms with Crippen molar-refractivity contribution in [2.24, 2.45) is 0 Å². The number of rotatable bonds is 2. The normalized spacial score (nSPS) is 15.5. The van der Waals surface area contributed by atoms with Gasteiger partial charge in [-0.25, -0.2) is 9.59 Å². The molecule has 2 aliphatic heterocycles. The van der Waals surface area contributed by atoms with Gasteiger partial charge in [0.2, 0.25) is 0 Å². The number of benzene rings is 2. The summed E-state index contributed by atoms with van der Waals surface area (Å²) < 4.78 is 13.0. The third-order valence-electron chi connectivity index (χ3n) is 6.08. The average Bonchev–Trinajstić information content (AvgIpc) is 3.70. The minimum Gasteiger partial charge on any atom is -0.378 e. The van der Waals surface area contributed by atoms with Gasteiger partial charge in [0.05, 0.1) is 38.8 Å². The predicted octanol–water partition coefficient (Wildman–Crippen LogP) is 2.49. The molecule has 0 atom stereocenters. The minimum absolute atomic E-state index is 0.155. The van der Waals surface area contributed by atoms with Gasteiger partial charge in [-0.3, -0.25) is 0 Å². The van der Waals surface area contributed by atoms with Gasteiger partial charge in [0, 0.05) is 37.3 Å². The van der Waals surface area contributed by atoms with E-state index in [1.165, 1.54) is 9.36 Å². The zero-order valence-corrected chi connectivity index (χ0v) is 20.8. The Balaban J connectivity index is 0.000000155. The molecule has 0 aliphatic carbocycles. The van der Waals surface area contributed by atoms with E-state index in [2.05, 4.69) is 20.6 Å². The SMILES string of the molecule is O=C(N1CCOCC1)n1cc(-c2ccccc2)nn1.O=C(N1CCOCC1)n1cc(-c2ccccc2)nn1. The summed E-state index contributed by atoms with van der Waals surface area (Å²) in [5.41, 5.74) is 3.29. The highest BCUT2D eigenvalue weighted by Crippen LogP contribution is 2.16. The van der Waals surface area contributed by atoms with Crippen molar-refractivity contribution in [2.75, 3.05) is 52.6 Å². The minimum atomic E-state index is -0.155. The first-order valence-corrected chi connectivity index (χ1v) is 12.4. The number of ether oxygens (including phenoxy) is 2. The fourth-order valence-electron chi connectivity index (χ4n) is 4.00. The molecule has 0 bridgehead atoms. The van der Waals surface area contributed by atoms with Gasteiger partial charge in [-0.15, -0.1) is 10.2 Å². The lowest BCUT2D eigenvalue weighted by molar-refractivity contribution is 0.0527. The third kappa shape index (κ3) is 6.10. The first-order chi connectivity index (χ1) is 18.7. The molecule has 0 unspecified atom stereocenters. The van der Waals surface area contributed by atoms with Crippen LogP contribution in [0.15, 0.2) is 73.1 Å². The molecule has 0 saturated carbocycles. The van der Waals surface area contributed by atoms with E-state index in [9.17, 15) is 9.59 Å². The Morgan fingerprint density at radius 1 is 0.579 bits per heavy atom. The number of hydrogen-bond acceptors (Lipinski definition) is 8. The number of aromatic nitrogens is 6. The lowest BCUT2D eigenvalue weighted by Crippen LogP contribution is -2.43. The van der Waals surface area contributed by atoms with Crippen molar-refractivity contribution < 1.29 is 19.1 Å². The summed E-state index contributed by atoms with van der Waals surface area (Å²) in [6.45, 7) is 4.69. The van der Waals surface area contributed by atoms with Crippen LogP contribution in [-0.4, -0.2) is 104 Å². The fraction of sp³-hybridized carbons (Fsp3) is 0.308. The second-order valence-corrected chi connectivity index (χ2v) is 8.59. The molecule has 0 N–H and O–H groups in total. The molecule has 4 aromatic rings. The van der Waals surface area contributed by atoms with Gasteiger partial charge < -0.3 is 19.3 Å². The van der Waals surface area contributed by atoms with E-state index in [1.807, 2.05) is 60.7 Å². The largest absolute Gasteiger partial charge is 0.378 e. The van der Waals surface area contributed by atoms with Crippen LogP contribution in [0.1, 0.15) is 0 Å². The van der Waals surface area contributed by atoms with Crippen LogP contribution in [0, 0.1) is 0 Å². The van der Waals surface area contributed by atoms with Crippen LogP contribution in [0.3, 0.4) is 0 Å². The predicted molar refractivity (Wildman–Crippen MR) is 137 cm³/mol. The Kier molecular flexibility index (Phi) is 8.11. The highest BCUT2D eigenvalue weighted by molar-refractivity contribution is 5.77. The Bertz CT molecular complexity index is 1230. The van der Waals surface area contributed by atoms with Gasteiger partial charge >= 0.3 is 12.1 Å². The average molecular weight is 517 g/mol.